The monoisotopic (exact) mass is 301 g/mol. The third-order valence-electron chi connectivity index (χ3n) is 4.42. The van der Waals surface area contributed by atoms with Crippen LogP contribution in [0, 0.1) is 0 Å². The molecular formula is C18H20ClNO. The maximum Gasteiger partial charge on any atom is 0.120 e. The molecule has 21 heavy (non-hydrogen) atoms. The van der Waals surface area contributed by atoms with E-state index in [-0.39, 0.29) is 6.04 Å². The van der Waals surface area contributed by atoms with Gasteiger partial charge in [-0.1, -0.05) is 41.9 Å². The van der Waals surface area contributed by atoms with Gasteiger partial charge in [0.2, 0.25) is 0 Å². The number of phenols is 1. The fourth-order valence-corrected chi connectivity index (χ4v) is 3.50. The van der Waals surface area contributed by atoms with Gasteiger partial charge >= 0.3 is 0 Å². The van der Waals surface area contributed by atoms with Crippen molar-refractivity contribution in [2.45, 2.75) is 31.8 Å². The maximum absolute atomic E-state index is 10.1. The fraction of sp³-hybridized carbons (Fsp3) is 0.333. The van der Waals surface area contributed by atoms with Gasteiger partial charge in [-0.05, 0) is 50.1 Å². The fourth-order valence-electron chi connectivity index (χ4n) is 3.32. The molecule has 1 saturated heterocycles. The zero-order valence-electron chi connectivity index (χ0n) is 12.2. The molecule has 2 aromatic rings. The minimum Gasteiger partial charge on any atom is -0.508 e. The van der Waals surface area contributed by atoms with Crippen molar-refractivity contribution in [2.24, 2.45) is 0 Å². The molecule has 0 bridgehead atoms. The molecule has 3 rings (SSSR count). The summed E-state index contributed by atoms with van der Waals surface area (Å²) >= 11 is 6.09. The van der Waals surface area contributed by atoms with Gasteiger partial charge in [0.15, 0.2) is 0 Å². The predicted octanol–water partition coefficient (Wildman–Crippen LogP) is 4.94. The van der Waals surface area contributed by atoms with Crippen molar-refractivity contribution in [3.8, 4) is 5.75 Å². The Hall–Kier alpha value is -1.51. The van der Waals surface area contributed by atoms with Crippen molar-refractivity contribution in [2.75, 3.05) is 6.54 Å². The average Bonchev–Trinajstić information content (AvgIpc) is 2.99. The minimum atomic E-state index is 0.149. The van der Waals surface area contributed by atoms with Crippen molar-refractivity contribution in [3.63, 3.8) is 0 Å². The van der Waals surface area contributed by atoms with E-state index in [1.54, 1.807) is 12.1 Å². The lowest BCUT2D eigenvalue weighted by Crippen LogP contribution is -2.26. The molecule has 1 N–H and O–H groups in total. The lowest BCUT2D eigenvalue weighted by Gasteiger charge is -2.31. The van der Waals surface area contributed by atoms with Gasteiger partial charge in [0, 0.05) is 22.7 Å². The van der Waals surface area contributed by atoms with Crippen LogP contribution < -0.4 is 0 Å². The quantitative estimate of drug-likeness (QED) is 0.867. The molecule has 1 aliphatic heterocycles. The van der Waals surface area contributed by atoms with E-state index < -0.39 is 0 Å². The molecule has 1 fully saturated rings. The van der Waals surface area contributed by atoms with Crippen LogP contribution in [-0.4, -0.2) is 16.6 Å². The molecule has 0 spiro atoms. The molecule has 0 saturated carbocycles. The molecule has 2 atom stereocenters. The second-order valence-electron chi connectivity index (χ2n) is 5.69. The number of hydrogen-bond acceptors (Lipinski definition) is 2. The van der Waals surface area contributed by atoms with Crippen molar-refractivity contribution in [1.29, 1.82) is 0 Å². The standard InChI is InChI=1S/C18H20ClNO/c1-13(16-12-15(19)9-10-18(16)21)20-11-5-8-17(20)14-6-3-2-4-7-14/h2-4,6-7,9-10,12-13,17,21H,5,8,11H2,1H3. The smallest absolute Gasteiger partial charge is 0.120 e. The van der Waals surface area contributed by atoms with Crippen molar-refractivity contribution in [1.82, 2.24) is 4.90 Å². The zero-order chi connectivity index (χ0) is 14.8. The molecule has 0 aromatic heterocycles. The number of likely N-dealkylation sites (tertiary alicyclic amines) is 1. The van der Waals surface area contributed by atoms with E-state index in [0.29, 0.717) is 16.8 Å². The van der Waals surface area contributed by atoms with Gasteiger partial charge in [0.25, 0.3) is 0 Å². The molecule has 2 nitrogen and oxygen atoms in total. The summed E-state index contributed by atoms with van der Waals surface area (Å²) in [6.07, 6.45) is 2.35. The molecule has 0 amide bonds. The van der Waals surface area contributed by atoms with Gasteiger partial charge in [0.05, 0.1) is 0 Å². The third-order valence-corrected chi connectivity index (χ3v) is 4.65. The van der Waals surface area contributed by atoms with E-state index >= 15 is 0 Å². The highest BCUT2D eigenvalue weighted by Crippen LogP contribution is 2.40. The Bertz CT molecular complexity index is 614. The number of halogens is 1. The molecule has 0 radical (unpaired) electrons. The van der Waals surface area contributed by atoms with Crippen molar-refractivity contribution >= 4 is 11.6 Å². The first-order chi connectivity index (χ1) is 10.2. The van der Waals surface area contributed by atoms with E-state index in [0.717, 1.165) is 18.5 Å². The number of phenolic OH excluding ortho intramolecular Hbond substituents is 1. The Morgan fingerprint density at radius 3 is 2.71 bits per heavy atom. The highest BCUT2D eigenvalue weighted by atomic mass is 35.5. The van der Waals surface area contributed by atoms with Crippen LogP contribution in [0.2, 0.25) is 5.02 Å². The van der Waals surface area contributed by atoms with Gasteiger partial charge in [0.1, 0.15) is 5.75 Å². The normalized spacial score (nSPS) is 20.6. The predicted molar refractivity (Wildman–Crippen MR) is 86.7 cm³/mol. The summed E-state index contributed by atoms with van der Waals surface area (Å²) in [5.74, 6) is 0.325. The van der Waals surface area contributed by atoms with Crippen LogP contribution in [-0.2, 0) is 0 Å². The highest BCUT2D eigenvalue weighted by molar-refractivity contribution is 6.30. The summed E-state index contributed by atoms with van der Waals surface area (Å²) in [5, 5.41) is 10.8. The molecule has 1 heterocycles. The summed E-state index contributed by atoms with van der Waals surface area (Å²) < 4.78 is 0. The number of nitrogens with zero attached hydrogens (tertiary/aromatic N) is 1. The topological polar surface area (TPSA) is 23.5 Å². The lowest BCUT2D eigenvalue weighted by atomic mass is 10.0. The molecule has 0 aliphatic carbocycles. The molecule has 2 unspecified atom stereocenters. The van der Waals surface area contributed by atoms with Crippen LogP contribution in [0.15, 0.2) is 48.5 Å². The first-order valence-electron chi connectivity index (χ1n) is 7.46. The number of aromatic hydroxyl groups is 1. The Morgan fingerprint density at radius 1 is 1.19 bits per heavy atom. The van der Waals surface area contributed by atoms with Gasteiger partial charge in [-0.2, -0.15) is 0 Å². The summed E-state index contributed by atoms with van der Waals surface area (Å²) in [6, 6.07) is 16.5. The Balaban J connectivity index is 1.90. The van der Waals surface area contributed by atoms with Gasteiger partial charge in [-0.25, -0.2) is 0 Å². The van der Waals surface area contributed by atoms with Crippen LogP contribution in [0.4, 0.5) is 0 Å². The first-order valence-corrected chi connectivity index (χ1v) is 7.83. The van der Waals surface area contributed by atoms with Crippen molar-refractivity contribution < 1.29 is 5.11 Å². The van der Waals surface area contributed by atoms with Crippen LogP contribution in [0.25, 0.3) is 0 Å². The Labute approximate surface area is 131 Å². The van der Waals surface area contributed by atoms with Crippen LogP contribution in [0.3, 0.4) is 0 Å². The molecule has 1 aliphatic rings. The van der Waals surface area contributed by atoms with Crippen LogP contribution >= 0.6 is 11.6 Å². The Kier molecular flexibility index (Phi) is 4.18. The van der Waals surface area contributed by atoms with E-state index in [4.69, 9.17) is 11.6 Å². The summed E-state index contributed by atoms with van der Waals surface area (Å²) in [6.45, 7) is 3.19. The van der Waals surface area contributed by atoms with Gasteiger partial charge in [-0.3, -0.25) is 4.90 Å². The van der Waals surface area contributed by atoms with E-state index in [9.17, 15) is 5.11 Å². The van der Waals surface area contributed by atoms with Gasteiger partial charge < -0.3 is 5.11 Å². The third kappa shape index (κ3) is 2.92. The second-order valence-corrected chi connectivity index (χ2v) is 6.12. The largest absolute Gasteiger partial charge is 0.508 e. The van der Waals surface area contributed by atoms with Gasteiger partial charge in [-0.15, -0.1) is 0 Å². The molecular weight excluding hydrogens is 282 g/mol. The first kappa shape index (κ1) is 14.4. The van der Waals surface area contributed by atoms with Crippen molar-refractivity contribution in [3.05, 3.63) is 64.7 Å². The second kappa shape index (κ2) is 6.08. The summed E-state index contributed by atoms with van der Waals surface area (Å²) in [7, 11) is 0. The highest BCUT2D eigenvalue weighted by Gasteiger charge is 2.31. The number of rotatable bonds is 3. The summed E-state index contributed by atoms with van der Waals surface area (Å²) in [5.41, 5.74) is 2.26. The lowest BCUT2D eigenvalue weighted by molar-refractivity contribution is 0.191. The zero-order valence-corrected chi connectivity index (χ0v) is 12.9. The number of benzene rings is 2. The van der Waals surface area contributed by atoms with E-state index in [1.165, 1.54) is 12.0 Å². The van der Waals surface area contributed by atoms with E-state index in [2.05, 4.69) is 42.2 Å². The average molecular weight is 302 g/mol. The molecule has 2 aromatic carbocycles. The minimum absolute atomic E-state index is 0.149. The maximum atomic E-state index is 10.1. The number of hydrogen-bond donors (Lipinski definition) is 1. The van der Waals surface area contributed by atoms with Crippen LogP contribution in [0.1, 0.15) is 43.0 Å². The van der Waals surface area contributed by atoms with E-state index in [1.807, 2.05) is 6.07 Å². The Morgan fingerprint density at radius 2 is 1.95 bits per heavy atom. The molecule has 3 heteroatoms. The summed E-state index contributed by atoms with van der Waals surface area (Å²) in [4.78, 5) is 2.46. The van der Waals surface area contributed by atoms with Crippen LogP contribution in [0.5, 0.6) is 5.75 Å². The SMILES string of the molecule is CC(c1cc(Cl)ccc1O)N1CCCC1c1ccccc1. The molecule has 110 valence electrons.